The smallest absolute Gasteiger partial charge is 0.194 e. The molecule has 17 heavy (non-hydrogen) atoms. The molecular formula is C13H15N3S. The Morgan fingerprint density at radius 3 is 3.12 bits per heavy atom. The minimum atomic E-state index is 1.02. The molecule has 0 saturated heterocycles. The van der Waals surface area contributed by atoms with Gasteiger partial charge in [-0.3, -0.25) is 4.40 Å². The van der Waals surface area contributed by atoms with Gasteiger partial charge in [0.15, 0.2) is 4.96 Å². The number of thiazole rings is 1. The number of likely N-dealkylation sites (N-methyl/N-ethyl adjacent to an activating group) is 1. The second kappa shape index (κ2) is 4.13. The molecule has 0 radical (unpaired) electrons. The van der Waals surface area contributed by atoms with Gasteiger partial charge < -0.3 is 5.32 Å². The van der Waals surface area contributed by atoms with Gasteiger partial charge in [0.25, 0.3) is 0 Å². The van der Waals surface area contributed by atoms with E-state index in [1.54, 1.807) is 11.3 Å². The van der Waals surface area contributed by atoms with E-state index in [1.165, 1.54) is 15.8 Å². The highest BCUT2D eigenvalue weighted by atomic mass is 32.1. The number of aryl methyl sites for hydroxylation is 1. The van der Waals surface area contributed by atoms with E-state index in [9.17, 15) is 0 Å². The summed E-state index contributed by atoms with van der Waals surface area (Å²) in [7, 11) is 1.99. The van der Waals surface area contributed by atoms with Crippen LogP contribution in [0.5, 0.6) is 0 Å². The molecule has 2 aromatic heterocycles. The highest BCUT2D eigenvalue weighted by Crippen LogP contribution is 2.27. The number of hydrogen-bond acceptors (Lipinski definition) is 3. The molecule has 0 unspecified atom stereocenters. The minimum Gasteiger partial charge on any atom is -0.319 e. The summed E-state index contributed by atoms with van der Waals surface area (Å²) in [4.78, 5) is 5.60. The van der Waals surface area contributed by atoms with E-state index in [0.717, 1.165) is 23.6 Å². The lowest BCUT2D eigenvalue weighted by atomic mass is 10.1. The van der Waals surface area contributed by atoms with Crippen LogP contribution in [0.15, 0.2) is 24.4 Å². The number of nitrogens with one attached hydrogen (secondary N) is 1. The zero-order valence-electron chi connectivity index (χ0n) is 10.0. The van der Waals surface area contributed by atoms with Crippen molar-refractivity contribution in [1.82, 2.24) is 14.7 Å². The number of fused-ring (bicyclic) bond motifs is 3. The van der Waals surface area contributed by atoms with Crippen LogP contribution in [0.4, 0.5) is 0 Å². The number of aromatic nitrogens is 2. The Morgan fingerprint density at radius 2 is 2.29 bits per heavy atom. The van der Waals surface area contributed by atoms with Crippen LogP contribution in [0.2, 0.25) is 0 Å². The Labute approximate surface area is 104 Å². The molecule has 3 rings (SSSR count). The van der Waals surface area contributed by atoms with Crippen LogP contribution in [0.3, 0.4) is 0 Å². The topological polar surface area (TPSA) is 29.3 Å². The van der Waals surface area contributed by atoms with Crippen molar-refractivity contribution in [1.29, 1.82) is 0 Å². The summed E-state index contributed by atoms with van der Waals surface area (Å²) in [5.41, 5.74) is 3.73. The first-order valence-corrected chi connectivity index (χ1v) is 6.61. The second-order valence-corrected chi connectivity index (χ2v) is 5.30. The molecule has 88 valence electrons. The lowest BCUT2D eigenvalue weighted by Crippen LogP contribution is -2.10. The largest absolute Gasteiger partial charge is 0.319 e. The number of rotatable bonds is 3. The monoisotopic (exact) mass is 245 g/mol. The van der Waals surface area contributed by atoms with Crippen LogP contribution in [0, 0.1) is 6.92 Å². The zero-order valence-corrected chi connectivity index (χ0v) is 10.8. The van der Waals surface area contributed by atoms with Crippen molar-refractivity contribution in [3.63, 3.8) is 0 Å². The molecular weight excluding hydrogens is 230 g/mol. The van der Waals surface area contributed by atoms with Gasteiger partial charge in [0.1, 0.15) is 0 Å². The quantitative estimate of drug-likeness (QED) is 0.768. The molecule has 3 aromatic rings. The van der Waals surface area contributed by atoms with Crippen LogP contribution in [-0.4, -0.2) is 23.0 Å². The van der Waals surface area contributed by atoms with E-state index in [1.807, 2.05) is 14.0 Å². The van der Waals surface area contributed by atoms with Gasteiger partial charge in [-0.05, 0) is 44.6 Å². The van der Waals surface area contributed by atoms with Crippen molar-refractivity contribution in [2.45, 2.75) is 13.3 Å². The van der Waals surface area contributed by atoms with Gasteiger partial charge >= 0.3 is 0 Å². The zero-order chi connectivity index (χ0) is 11.8. The fourth-order valence-corrected chi connectivity index (χ4v) is 3.20. The first-order valence-electron chi connectivity index (χ1n) is 5.79. The fourth-order valence-electron chi connectivity index (χ4n) is 2.08. The predicted octanol–water partition coefficient (Wildman–Crippen LogP) is 2.62. The molecule has 0 fully saturated rings. The Bertz CT molecular complexity index is 666. The number of hydrogen-bond donors (Lipinski definition) is 1. The molecule has 0 bridgehead atoms. The molecule has 2 heterocycles. The molecule has 3 nitrogen and oxygen atoms in total. The summed E-state index contributed by atoms with van der Waals surface area (Å²) in [6.45, 7) is 3.06. The molecule has 4 heteroatoms. The van der Waals surface area contributed by atoms with Crippen LogP contribution in [0.1, 0.15) is 11.3 Å². The highest BCUT2D eigenvalue weighted by Gasteiger charge is 2.07. The molecule has 1 N–H and O–H groups in total. The van der Waals surface area contributed by atoms with E-state index >= 15 is 0 Å². The summed E-state index contributed by atoms with van der Waals surface area (Å²) < 4.78 is 3.50. The molecule has 0 amide bonds. The van der Waals surface area contributed by atoms with E-state index in [2.05, 4.69) is 39.1 Å². The maximum atomic E-state index is 4.51. The van der Waals surface area contributed by atoms with Crippen LogP contribution in [0.25, 0.3) is 15.2 Å². The first-order chi connectivity index (χ1) is 8.28. The van der Waals surface area contributed by atoms with E-state index < -0.39 is 0 Å². The van der Waals surface area contributed by atoms with Crippen molar-refractivity contribution in [2.24, 2.45) is 0 Å². The normalized spacial score (nSPS) is 11.6. The standard InChI is InChI=1S/C13H15N3S/c1-9-8-16-11-4-3-10(5-6-14-2)7-12(11)17-13(16)15-9/h3-4,7-8,14H,5-6H2,1-2H3. The molecule has 0 atom stereocenters. The van der Waals surface area contributed by atoms with Crippen LogP contribution < -0.4 is 5.32 Å². The maximum Gasteiger partial charge on any atom is 0.194 e. The van der Waals surface area contributed by atoms with Crippen molar-refractivity contribution in [3.8, 4) is 0 Å². The molecule has 0 aliphatic carbocycles. The van der Waals surface area contributed by atoms with Crippen molar-refractivity contribution >= 4 is 26.5 Å². The molecule has 0 spiro atoms. The van der Waals surface area contributed by atoms with Gasteiger partial charge in [0.05, 0.1) is 15.9 Å². The van der Waals surface area contributed by atoms with E-state index in [-0.39, 0.29) is 0 Å². The minimum absolute atomic E-state index is 1.02. The van der Waals surface area contributed by atoms with Crippen LogP contribution in [-0.2, 0) is 6.42 Å². The predicted molar refractivity (Wildman–Crippen MR) is 72.9 cm³/mol. The molecule has 0 aliphatic rings. The summed E-state index contributed by atoms with van der Waals surface area (Å²) in [6.07, 6.45) is 3.17. The third-order valence-corrected chi connectivity index (χ3v) is 3.96. The van der Waals surface area contributed by atoms with E-state index in [0.29, 0.717) is 0 Å². The van der Waals surface area contributed by atoms with Gasteiger partial charge in [-0.2, -0.15) is 0 Å². The van der Waals surface area contributed by atoms with Gasteiger partial charge in [-0.15, -0.1) is 0 Å². The van der Waals surface area contributed by atoms with Crippen LogP contribution >= 0.6 is 11.3 Å². The lowest BCUT2D eigenvalue weighted by Gasteiger charge is -2.00. The van der Waals surface area contributed by atoms with Gasteiger partial charge in [0.2, 0.25) is 0 Å². The lowest BCUT2D eigenvalue weighted by molar-refractivity contribution is 0.792. The molecule has 0 aliphatic heterocycles. The Morgan fingerprint density at radius 1 is 1.41 bits per heavy atom. The summed E-state index contributed by atoms with van der Waals surface area (Å²) in [5, 5.41) is 3.18. The van der Waals surface area contributed by atoms with Crippen molar-refractivity contribution < 1.29 is 0 Å². The third-order valence-electron chi connectivity index (χ3n) is 2.94. The van der Waals surface area contributed by atoms with Crippen molar-refractivity contribution in [2.75, 3.05) is 13.6 Å². The summed E-state index contributed by atoms with van der Waals surface area (Å²) in [5.74, 6) is 0. The Balaban J connectivity index is 2.10. The third kappa shape index (κ3) is 1.83. The Kier molecular flexibility index (Phi) is 2.61. The Hall–Kier alpha value is -1.39. The number of nitrogens with zero attached hydrogens (tertiary/aromatic N) is 2. The van der Waals surface area contributed by atoms with E-state index in [4.69, 9.17) is 0 Å². The van der Waals surface area contributed by atoms with Gasteiger partial charge in [0, 0.05) is 6.20 Å². The first kappa shape index (κ1) is 10.7. The van der Waals surface area contributed by atoms with Gasteiger partial charge in [-0.1, -0.05) is 17.4 Å². The van der Waals surface area contributed by atoms with Gasteiger partial charge in [-0.25, -0.2) is 4.98 Å². The highest BCUT2D eigenvalue weighted by molar-refractivity contribution is 7.23. The number of imidazole rings is 1. The fraction of sp³-hybridized carbons (Fsp3) is 0.308. The maximum absolute atomic E-state index is 4.51. The SMILES string of the molecule is CNCCc1ccc2c(c1)sc1nc(C)cn12. The average Bonchev–Trinajstić information content (AvgIpc) is 2.81. The average molecular weight is 245 g/mol. The van der Waals surface area contributed by atoms with Crippen molar-refractivity contribution in [3.05, 3.63) is 35.7 Å². The summed E-state index contributed by atoms with van der Waals surface area (Å²) >= 11 is 1.76. The molecule has 1 aromatic carbocycles. The second-order valence-electron chi connectivity index (χ2n) is 4.29. The summed E-state index contributed by atoms with van der Waals surface area (Å²) in [6, 6.07) is 6.69. The number of benzene rings is 1. The molecule has 0 saturated carbocycles.